The predicted molar refractivity (Wildman–Crippen MR) is 124 cm³/mol. The van der Waals surface area contributed by atoms with Crippen LogP contribution in [0.3, 0.4) is 0 Å². The quantitative estimate of drug-likeness (QED) is 0.404. The summed E-state index contributed by atoms with van der Waals surface area (Å²) in [6, 6.07) is 18.0. The second-order valence-electron chi connectivity index (χ2n) is 7.98. The largest absolute Gasteiger partial charge is 0.504 e. The van der Waals surface area contributed by atoms with Crippen LogP contribution in [0.25, 0.3) is 38.8 Å². The monoisotopic (exact) mass is 409 g/mol. The summed E-state index contributed by atoms with van der Waals surface area (Å²) in [5.74, 6) is 0.514. The molecule has 0 amide bonds. The van der Waals surface area contributed by atoms with Crippen molar-refractivity contribution in [2.24, 2.45) is 0 Å². The predicted octanol–water partition coefficient (Wildman–Crippen LogP) is 5.88. The van der Waals surface area contributed by atoms with Crippen LogP contribution in [0.5, 0.6) is 11.5 Å². The molecule has 2 heterocycles. The smallest absolute Gasteiger partial charge is 0.161 e. The lowest BCUT2D eigenvalue weighted by molar-refractivity contribution is 0.373. The summed E-state index contributed by atoms with van der Waals surface area (Å²) < 4.78 is 7.35. The number of phenolic OH excluding ortho intramolecular Hbond substituents is 1. The molecule has 5 heteroatoms. The van der Waals surface area contributed by atoms with Gasteiger partial charge in [-0.1, -0.05) is 23.8 Å². The van der Waals surface area contributed by atoms with Gasteiger partial charge in [-0.05, 0) is 68.3 Å². The fourth-order valence-electron chi connectivity index (χ4n) is 4.06. The van der Waals surface area contributed by atoms with Crippen molar-refractivity contribution in [1.29, 1.82) is 0 Å². The standard InChI is InChI=1S/C26H23N3O2/c1-15-6-9-21-19(11-15)26-20(14-27-21)25(18-8-10-23(30)24(13-18)31-4)28-29(26)22-12-16(2)5-7-17(22)3/h5-14,30H,1-4H3. The van der Waals surface area contributed by atoms with Crippen molar-refractivity contribution in [2.45, 2.75) is 20.8 Å². The first-order valence-corrected chi connectivity index (χ1v) is 10.2. The van der Waals surface area contributed by atoms with Gasteiger partial charge in [0.15, 0.2) is 11.5 Å². The number of aromatic hydroxyl groups is 1. The van der Waals surface area contributed by atoms with Crippen LogP contribution >= 0.6 is 0 Å². The zero-order valence-electron chi connectivity index (χ0n) is 18.0. The van der Waals surface area contributed by atoms with Gasteiger partial charge in [0.05, 0.1) is 23.8 Å². The van der Waals surface area contributed by atoms with E-state index in [4.69, 9.17) is 14.8 Å². The summed E-state index contributed by atoms with van der Waals surface area (Å²) in [7, 11) is 1.55. The maximum Gasteiger partial charge on any atom is 0.161 e. The Morgan fingerprint density at radius 1 is 0.871 bits per heavy atom. The molecule has 0 spiro atoms. The first kappa shape index (κ1) is 19.1. The fourth-order valence-corrected chi connectivity index (χ4v) is 4.06. The maximum atomic E-state index is 10.1. The van der Waals surface area contributed by atoms with Gasteiger partial charge in [-0.2, -0.15) is 5.10 Å². The topological polar surface area (TPSA) is 60.2 Å². The van der Waals surface area contributed by atoms with Gasteiger partial charge < -0.3 is 9.84 Å². The van der Waals surface area contributed by atoms with Crippen molar-refractivity contribution in [1.82, 2.24) is 14.8 Å². The van der Waals surface area contributed by atoms with Gasteiger partial charge >= 0.3 is 0 Å². The highest BCUT2D eigenvalue weighted by molar-refractivity contribution is 6.09. The van der Waals surface area contributed by atoms with E-state index in [-0.39, 0.29) is 5.75 Å². The number of rotatable bonds is 3. The number of methoxy groups -OCH3 is 1. The molecule has 2 aromatic heterocycles. The Labute approximate surface area is 180 Å². The first-order valence-electron chi connectivity index (χ1n) is 10.2. The van der Waals surface area contributed by atoms with Gasteiger partial charge in [0.1, 0.15) is 5.69 Å². The first-order chi connectivity index (χ1) is 15.0. The van der Waals surface area contributed by atoms with Crippen LogP contribution in [0.1, 0.15) is 16.7 Å². The minimum absolute atomic E-state index is 0.101. The van der Waals surface area contributed by atoms with Crippen LogP contribution in [-0.2, 0) is 0 Å². The summed E-state index contributed by atoms with van der Waals surface area (Å²) in [6.07, 6.45) is 1.89. The molecule has 0 unspecified atom stereocenters. The lowest BCUT2D eigenvalue weighted by Gasteiger charge is -2.10. The second-order valence-corrected chi connectivity index (χ2v) is 7.98. The number of fused-ring (bicyclic) bond motifs is 3. The lowest BCUT2D eigenvalue weighted by Crippen LogP contribution is -2.00. The third-order valence-electron chi connectivity index (χ3n) is 5.71. The van der Waals surface area contributed by atoms with Crippen LogP contribution in [0.15, 0.2) is 60.8 Å². The van der Waals surface area contributed by atoms with Crippen LogP contribution in [-0.4, -0.2) is 27.0 Å². The van der Waals surface area contributed by atoms with Gasteiger partial charge in [0, 0.05) is 22.5 Å². The second kappa shape index (κ2) is 7.13. The highest BCUT2D eigenvalue weighted by Crippen LogP contribution is 2.37. The van der Waals surface area contributed by atoms with E-state index >= 15 is 0 Å². The third-order valence-corrected chi connectivity index (χ3v) is 5.71. The van der Waals surface area contributed by atoms with E-state index in [9.17, 15) is 5.11 Å². The molecule has 1 N–H and O–H groups in total. The van der Waals surface area contributed by atoms with E-state index in [1.54, 1.807) is 13.2 Å². The molecular formula is C26H23N3O2. The van der Waals surface area contributed by atoms with Gasteiger partial charge in [-0.15, -0.1) is 0 Å². The molecule has 0 aliphatic heterocycles. The Morgan fingerprint density at radius 3 is 2.45 bits per heavy atom. The number of phenols is 1. The molecule has 0 atom stereocenters. The molecule has 154 valence electrons. The van der Waals surface area contributed by atoms with Crippen LogP contribution in [0.4, 0.5) is 0 Å². The molecule has 0 fully saturated rings. The molecular weight excluding hydrogens is 386 g/mol. The summed E-state index contributed by atoms with van der Waals surface area (Å²) >= 11 is 0. The molecule has 5 aromatic rings. The molecule has 0 radical (unpaired) electrons. The van der Waals surface area contributed by atoms with Crippen molar-refractivity contribution in [2.75, 3.05) is 7.11 Å². The Morgan fingerprint density at radius 2 is 1.65 bits per heavy atom. The zero-order valence-corrected chi connectivity index (χ0v) is 18.0. The van der Waals surface area contributed by atoms with E-state index in [0.717, 1.165) is 44.3 Å². The van der Waals surface area contributed by atoms with Crippen LogP contribution in [0.2, 0.25) is 0 Å². The Hall–Kier alpha value is -3.86. The SMILES string of the molecule is COc1cc(-c2nn(-c3cc(C)ccc3C)c3c2cnc2ccc(C)cc23)ccc1O. The van der Waals surface area contributed by atoms with Gasteiger partial charge in [-0.25, -0.2) is 4.68 Å². The van der Waals surface area contributed by atoms with E-state index in [1.807, 2.05) is 29.1 Å². The molecule has 5 rings (SSSR count). The minimum atomic E-state index is 0.101. The number of hydrogen-bond donors (Lipinski definition) is 1. The summed E-state index contributed by atoms with van der Waals surface area (Å²) in [5, 5.41) is 17.1. The molecule has 31 heavy (non-hydrogen) atoms. The van der Waals surface area contributed by atoms with E-state index < -0.39 is 0 Å². The maximum absolute atomic E-state index is 10.1. The van der Waals surface area contributed by atoms with Crippen molar-refractivity contribution in [3.8, 4) is 28.4 Å². The molecule has 0 aliphatic carbocycles. The van der Waals surface area contributed by atoms with Crippen molar-refractivity contribution in [3.05, 3.63) is 77.5 Å². The average Bonchev–Trinajstić information content (AvgIpc) is 3.15. The lowest BCUT2D eigenvalue weighted by atomic mass is 10.0. The number of aromatic nitrogens is 3. The zero-order chi connectivity index (χ0) is 21.7. The van der Waals surface area contributed by atoms with Crippen LogP contribution < -0.4 is 4.74 Å². The van der Waals surface area contributed by atoms with E-state index in [0.29, 0.717) is 5.75 Å². The summed E-state index contributed by atoms with van der Waals surface area (Å²) in [4.78, 5) is 4.71. The number of pyridine rings is 1. The summed E-state index contributed by atoms with van der Waals surface area (Å²) in [6.45, 7) is 6.27. The van der Waals surface area contributed by atoms with Gasteiger partial charge in [-0.3, -0.25) is 4.98 Å². The number of nitrogens with zero attached hydrogens (tertiary/aromatic N) is 3. The Balaban J connectivity index is 1.92. The molecule has 5 nitrogen and oxygen atoms in total. The average molecular weight is 409 g/mol. The van der Waals surface area contributed by atoms with Crippen molar-refractivity contribution in [3.63, 3.8) is 0 Å². The minimum Gasteiger partial charge on any atom is -0.504 e. The van der Waals surface area contributed by atoms with E-state index in [2.05, 4.69) is 51.1 Å². The number of benzene rings is 3. The highest BCUT2D eigenvalue weighted by atomic mass is 16.5. The molecule has 0 aliphatic rings. The fraction of sp³-hybridized carbons (Fsp3) is 0.154. The Bertz CT molecular complexity index is 1470. The highest BCUT2D eigenvalue weighted by Gasteiger charge is 2.19. The number of aryl methyl sites for hydroxylation is 3. The van der Waals surface area contributed by atoms with Gasteiger partial charge in [0.25, 0.3) is 0 Å². The molecule has 0 saturated carbocycles. The van der Waals surface area contributed by atoms with E-state index in [1.165, 1.54) is 11.1 Å². The summed E-state index contributed by atoms with van der Waals surface area (Å²) in [5.41, 5.74) is 8.12. The Kier molecular flexibility index (Phi) is 4.40. The van der Waals surface area contributed by atoms with Crippen molar-refractivity contribution < 1.29 is 9.84 Å². The van der Waals surface area contributed by atoms with Crippen molar-refractivity contribution >= 4 is 21.8 Å². The normalized spacial score (nSPS) is 11.4. The molecule has 3 aromatic carbocycles. The molecule has 0 saturated heterocycles. The molecule has 0 bridgehead atoms. The third kappa shape index (κ3) is 3.10. The van der Waals surface area contributed by atoms with Crippen LogP contribution in [0, 0.1) is 20.8 Å². The number of hydrogen-bond acceptors (Lipinski definition) is 4. The van der Waals surface area contributed by atoms with Gasteiger partial charge in [0.2, 0.25) is 0 Å². The number of ether oxygens (including phenoxy) is 1.